The lowest BCUT2D eigenvalue weighted by Gasteiger charge is -2.26. The number of hydrogen-bond donors (Lipinski definition) is 3. The standard InChI is InChI=1S/C21H27N3S/c1-16-12-17(2)14-19(13-16)23-21(25)22-15-20(24-10-6-7-11-24)18-8-4-3-5-9-18/h3-5,8-9,12-14,20H,6-7,10-11,15H2,1-2H3,(H2,22,23,25)/p+1/t20-/m1/s1. The molecule has 0 aliphatic carbocycles. The van der Waals surface area contributed by atoms with E-state index in [0.717, 1.165) is 12.2 Å². The van der Waals surface area contributed by atoms with Crippen LogP contribution in [0, 0.1) is 13.8 Å². The van der Waals surface area contributed by atoms with Crippen LogP contribution in [-0.2, 0) is 0 Å². The minimum Gasteiger partial charge on any atom is -0.356 e. The first-order valence-corrected chi connectivity index (χ1v) is 9.55. The van der Waals surface area contributed by atoms with E-state index in [9.17, 15) is 0 Å². The zero-order chi connectivity index (χ0) is 17.6. The molecule has 0 radical (unpaired) electrons. The maximum atomic E-state index is 5.53. The van der Waals surface area contributed by atoms with Crippen LogP contribution in [0.3, 0.4) is 0 Å². The largest absolute Gasteiger partial charge is 0.356 e. The van der Waals surface area contributed by atoms with E-state index in [1.165, 1.54) is 42.6 Å². The van der Waals surface area contributed by atoms with Gasteiger partial charge in [-0.15, -0.1) is 0 Å². The third kappa shape index (κ3) is 5.03. The zero-order valence-electron chi connectivity index (χ0n) is 15.1. The highest BCUT2D eigenvalue weighted by Gasteiger charge is 2.27. The van der Waals surface area contributed by atoms with Gasteiger partial charge in [-0.2, -0.15) is 0 Å². The van der Waals surface area contributed by atoms with Crippen molar-refractivity contribution in [2.75, 3.05) is 25.0 Å². The van der Waals surface area contributed by atoms with Gasteiger partial charge in [-0.25, -0.2) is 0 Å². The highest BCUT2D eigenvalue weighted by atomic mass is 32.1. The predicted octanol–water partition coefficient (Wildman–Crippen LogP) is 3.01. The van der Waals surface area contributed by atoms with E-state index in [1.54, 1.807) is 4.90 Å². The fraction of sp³-hybridized carbons (Fsp3) is 0.381. The third-order valence-corrected chi connectivity index (χ3v) is 5.13. The van der Waals surface area contributed by atoms with Gasteiger partial charge in [0.05, 0.1) is 19.6 Å². The van der Waals surface area contributed by atoms with Gasteiger partial charge in [0.15, 0.2) is 5.11 Å². The molecule has 0 unspecified atom stereocenters. The van der Waals surface area contributed by atoms with Crippen molar-refractivity contribution in [3.8, 4) is 0 Å². The number of nitrogens with one attached hydrogen (secondary N) is 3. The smallest absolute Gasteiger partial charge is 0.171 e. The molecular weight excluding hydrogens is 326 g/mol. The van der Waals surface area contributed by atoms with Crippen molar-refractivity contribution in [2.45, 2.75) is 32.7 Å². The average molecular weight is 355 g/mol. The van der Waals surface area contributed by atoms with Crippen LogP contribution >= 0.6 is 12.2 Å². The van der Waals surface area contributed by atoms with Crippen molar-refractivity contribution in [2.24, 2.45) is 0 Å². The molecule has 3 nitrogen and oxygen atoms in total. The average Bonchev–Trinajstić information content (AvgIpc) is 3.09. The second-order valence-corrected chi connectivity index (χ2v) is 7.45. The van der Waals surface area contributed by atoms with E-state index in [-0.39, 0.29) is 0 Å². The van der Waals surface area contributed by atoms with E-state index in [0.29, 0.717) is 11.2 Å². The van der Waals surface area contributed by atoms with Crippen LogP contribution in [0.1, 0.15) is 35.6 Å². The van der Waals surface area contributed by atoms with E-state index in [1.807, 2.05) is 0 Å². The summed E-state index contributed by atoms with van der Waals surface area (Å²) >= 11 is 5.53. The van der Waals surface area contributed by atoms with Crippen LogP contribution in [0.25, 0.3) is 0 Å². The molecule has 2 aromatic rings. The third-order valence-electron chi connectivity index (χ3n) is 4.89. The Hall–Kier alpha value is -1.91. The zero-order valence-corrected chi connectivity index (χ0v) is 16.0. The van der Waals surface area contributed by atoms with Crippen molar-refractivity contribution in [3.63, 3.8) is 0 Å². The first kappa shape index (κ1) is 17.9. The topological polar surface area (TPSA) is 28.5 Å². The molecule has 1 heterocycles. The van der Waals surface area contributed by atoms with Gasteiger partial charge in [0, 0.05) is 24.1 Å². The lowest BCUT2D eigenvalue weighted by atomic mass is 10.1. The van der Waals surface area contributed by atoms with Crippen molar-refractivity contribution in [3.05, 3.63) is 65.2 Å². The minimum absolute atomic E-state index is 0.447. The van der Waals surface area contributed by atoms with Crippen LogP contribution in [0.4, 0.5) is 5.69 Å². The van der Waals surface area contributed by atoms with Crippen LogP contribution < -0.4 is 15.5 Å². The molecule has 1 atom stereocenters. The molecule has 0 bridgehead atoms. The summed E-state index contributed by atoms with van der Waals surface area (Å²) in [7, 11) is 0. The normalized spacial score (nSPS) is 15.8. The van der Waals surface area contributed by atoms with Crippen LogP contribution in [0.15, 0.2) is 48.5 Å². The molecule has 3 N–H and O–H groups in total. The number of hydrogen-bond acceptors (Lipinski definition) is 1. The molecule has 1 fully saturated rings. The Labute approximate surface area is 156 Å². The van der Waals surface area contributed by atoms with Crippen LogP contribution in [0.2, 0.25) is 0 Å². The summed E-state index contributed by atoms with van der Waals surface area (Å²) in [6.07, 6.45) is 2.65. The van der Waals surface area contributed by atoms with Gasteiger partial charge in [-0.3, -0.25) is 0 Å². The van der Waals surface area contributed by atoms with E-state index in [4.69, 9.17) is 12.2 Å². The van der Waals surface area contributed by atoms with E-state index < -0.39 is 0 Å². The molecule has 132 valence electrons. The van der Waals surface area contributed by atoms with Crippen molar-refractivity contribution < 1.29 is 4.90 Å². The van der Waals surface area contributed by atoms with E-state index >= 15 is 0 Å². The summed E-state index contributed by atoms with van der Waals surface area (Å²) in [4.78, 5) is 1.66. The summed E-state index contributed by atoms with van der Waals surface area (Å²) in [6.45, 7) is 7.57. The molecule has 1 saturated heterocycles. The van der Waals surface area contributed by atoms with Crippen molar-refractivity contribution in [1.82, 2.24) is 5.32 Å². The molecule has 3 rings (SSSR count). The summed E-state index contributed by atoms with van der Waals surface area (Å²) in [5.74, 6) is 0. The molecular formula is C21H28N3S+. The molecule has 1 aliphatic heterocycles. The van der Waals surface area contributed by atoms with Gasteiger partial charge >= 0.3 is 0 Å². The molecule has 4 heteroatoms. The first-order valence-electron chi connectivity index (χ1n) is 9.14. The maximum Gasteiger partial charge on any atom is 0.171 e. The maximum absolute atomic E-state index is 5.53. The van der Waals surface area contributed by atoms with Crippen molar-refractivity contribution in [1.29, 1.82) is 0 Å². The number of benzene rings is 2. The lowest BCUT2D eigenvalue weighted by molar-refractivity contribution is -0.918. The lowest BCUT2D eigenvalue weighted by Crippen LogP contribution is -3.11. The van der Waals surface area contributed by atoms with Crippen LogP contribution in [0.5, 0.6) is 0 Å². The monoisotopic (exact) mass is 354 g/mol. The highest BCUT2D eigenvalue weighted by Crippen LogP contribution is 2.14. The second-order valence-electron chi connectivity index (χ2n) is 7.04. The summed E-state index contributed by atoms with van der Waals surface area (Å²) in [5, 5.41) is 7.48. The van der Waals surface area contributed by atoms with E-state index in [2.05, 4.69) is 73.0 Å². The Morgan fingerprint density at radius 1 is 1.04 bits per heavy atom. The Bertz CT molecular complexity index is 688. The highest BCUT2D eigenvalue weighted by molar-refractivity contribution is 7.80. The molecule has 0 amide bonds. The number of likely N-dealkylation sites (tertiary alicyclic amines) is 1. The Morgan fingerprint density at radius 3 is 2.32 bits per heavy atom. The molecule has 1 aliphatic rings. The van der Waals surface area contributed by atoms with Gasteiger partial charge < -0.3 is 15.5 Å². The summed E-state index contributed by atoms with van der Waals surface area (Å²) in [6, 6.07) is 17.7. The first-order chi connectivity index (χ1) is 12.1. The quantitative estimate of drug-likeness (QED) is 0.721. The van der Waals surface area contributed by atoms with Gasteiger partial charge in [0.1, 0.15) is 6.04 Å². The summed E-state index contributed by atoms with van der Waals surface area (Å²) < 4.78 is 0. The molecule has 2 aromatic carbocycles. The number of rotatable bonds is 5. The molecule has 25 heavy (non-hydrogen) atoms. The Morgan fingerprint density at radius 2 is 1.68 bits per heavy atom. The fourth-order valence-corrected chi connectivity index (χ4v) is 3.98. The van der Waals surface area contributed by atoms with Crippen LogP contribution in [-0.4, -0.2) is 24.7 Å². The number of quaternary nitrogens is 1. The molecule has 0 spiro atoms. The minimum atomic E-state index is 0.447. The predicted molar refractivity (Wildman–Crippen MR) is 109 cm³/mol. The summed E-state index contributed by atoms with van der Waals surface area (Å²) in [5.41, 5.74) is 4.93. The van der Waals surface area contributed by atoms with Gasteiger partial charge in [-0.05, 0) is 49.3 Å². The number of aryl methyl sites for hydroxylation is 2. The second kappa shape index (κ2) is 8.45. The van der Waals surface area contributed by atoms with Gasteiger partial charge in [-0.1, -0.05) is 36.4 Å². The van der Waals surface area contributed by atoms with Gasteiger partial charge in [0.25, 0.3) is 0 Å². The van der Waals surface area contributed by atoms with Gasteiger partial charge in [0.2, 0.25) is 0 Å². The van der Waals surface area contributed by atoms with Crippen molar-refractivity contribution >= 4 is 23.0 Å². The number of anilines is 1. The fourth-order valence-electron chi connectivity index (χ4n) is 3.78. The molecule has 0 aromatic heterocycles. The molecule has 0 saturated carbocycles. The number of thiocarbonyl (C=S) groups is 1. The SMILES string of the molecule is Cc1cc(C)cc(NC(=S)NC[C@H](c2ccccc2)[NH+]2CCCC2)c1. The Kier molecular flexibility index (Phi) is 6.05. The Balaban J connectivity index is 1.63.